The van der Waals surface area contributed by atoms with Crippen molar-refractivity contribution in [2.45, 2.75) is 12.1 Å². The van der Waals surface area contributed by atoms with Crippen molar-refractivity contribution in [1.29, 1.82) is 0 Å². The second kappa shape index (κ2) is 4.91. The van der Waals surface area contributed by atoms with Crippen molar-refractivity contribution in [3.05, 3.63) is 34.2 Å². The summed E-state index contributed by atoms with van der Waals surface area (Å²) in [6, 6.07) is 2.67. The number of pyridine rings is 1. The minimum absolute atomic E-state index is 0.223. The average molecular weight is 251 g/mol. The van der Waals surface area contributed by atoms with Crippen molar-refractivity contribution in [2.24, 2.45) is 7.05 Å². The van der Waals surface area contributed by atoms with Gasteiger partial charge in [-0.1, -0.05) is 0 Å². The van der Waals surface area contributed by atoms with Gasteiger partial charge in [0.1, 0.15) is 0 Å². The zero-order chi connectivity index (χ0) is 13.3. The van der Waals surface area contributed by atoms with Gasteiger partial charge in [0, 0.05) is 45.0 Å². The fourth-order valence-electron chi connectivity index (χ4n) is 2.08. The van der Waals surface area contributed by atoms with E-state index in [2.05, 4.69) is 5.32 Å². The van der Waals surface area contributed by atoms with Crippen LogP contribution in [0.2, 0.25) is 0 Å². The predicted octanol–water partition coefficient (Wildman–Crippen LogP) is -1.21. The zero-order valence-corrected chi connectivity index (χ0v) is 10.5. The molecule has 18 heavy (non-hydrogen) atoms. The van der Waals surface area contributed by atoms with Gasteiger partial charge in [0.15, 0.2) is 0 Å². The summed E-state index contributed by atoms with van der Waals surface area (Å²) in [4.78, 5) is 25.1. The van der Waals surface area contributed by atoms with Gasteiger partial charge in [-0.2, -0.15) is 0 Å². The van der Waals surface area contributed by atoms with Crippen molar-refractivity contribution in [3.8, 4) is 0 Å². The molecule has 0 spiro atoms. The summed E-state index contributed by atoms with van der Waals surface area (Å²) in [6.07, 6.45) is 0.998. The Morgan fingerprint density at radius 3 is 2.83 bits per heavy atom. The maximum atomic E-state index is 12.2. The van der Waals surface area contributed by atoms with Gasteiger partial charge < -0.3 is 19.9 Å². The number of β-amino-alcohol motifs (C(OH)–C–C–N with tert-alkyl or cyclic N) is 1. The Hall–Kier alpha value is -1.66. The lowest BCUT2D eigenvalue weighted by Gasteiger charge is -2.26. The van der Waals surface area contributed by atoms with Gasteiger partial charge in [0.25, 0.3) is 11.5 Å². The number of carbonyl (C=O) groups excluding carboxylic acids is 1. The highest BCUT2D eigenvalue weighted by Crippen LogP contribution is 2.11. The average Bonchev–Trinajstić information content (AvgIpc) is 2.77. The Morgan fingerprint density at radius 2 is 2.28 bits per heavy atom. The van der Waals surface area contributed by atoms with Crippen LogP contribution in [0.25, 0.3) is 0 Å². The Balaban J connectivity index is 2.20. The molecule has 2 N–H and O–H groups in total. The van der Waals surface area contributed by atoms with Crippen LogP contribution in [0.15, 0.2) is 23.1 Å². The number of hydrogen-bond acceptors (Lipinski definition) is 4. The monoisotopic (exact) mass is 251 g/mol. The van der Waals surface area contributed by atoms with E-state index >= 15 is 0 Å². The van der Waals surface area contributed by atoms with Gasteiger partial charge in [-0.3, -0.25) is 9.59 Å². The molecule has 1 aromatic heterocycles. The van der Waals surface area contributed by atoms with Crippen LogP contribution in [-0.4, -0.2) is 52.8 Å². The molecule has 0 radical (unpaired) electrons. The smallest absolute Gasteiger partial charge is 0.254 e. The minimum atomic E-state index is -0.564. The fourth-order valence-corrected chi connectivity index (χ4v) is 2.08. The van der Waals surface area contributed by atoms with Gasteiger partial charge in [-0.15, -0.1) is 0 Å². The van der Waals surface area contributed by atoms with Gasteiger partial charge >= 0.3 is 0 Å². The molecule has 1 aromatic rings. The Morgan fingerprint density at radius 1 is 1.56 bits per heavy atom. The lowest BCUT2D eigenvalue weighted by Crippen LogP contribution is -2.44. The number of aromatic nitrogens is 1. The third kappa shape index (κ3) is 2.30. The standard InChI is InChI=1S/C12H17N3O3/c1-14-4-3-8(5-11(14)17)12(18)15(2)9-6-13-7-10(9)16/h3-5,9-10,13,16H,6-7H2,1-2H3/t9-,10-/m1/s1. The number of hydrogen-bond donors (Lipinski definition) is 2. The van der Waals surface area contributed by atoms with Crippen LogP contribution >= 0.6 is 0 Å². The van der Waals surface area contributed by atoms with Gasteiger partial charge in [-0.25, -0.2) is 0 Å². The number of aliphatic hydroxyl groups excluding tert-OH is 1. The quantitative estimate of drug-likeness (QED) is 0.691. The van der Waals surface area contributed by atoms with Crippen LogP contribution in [-0.2, 0) is 7.05 Å². The highest BCUT2D eigenvalue weighted by Gasteiger charge is 2.31. The molecule has 1 amide bonds. The van der Waals surface area contributed by atoms with E-state index in [1.165, 1.54) is 15.5 Å². The molecule has 0 aliphatic carbocycles. The Bertz CT molecular complexity index is 512. The molecule has 6 heteroatoms. The molecule has 0 saturated carbocycles. The normalized spacial score (nSPS) is 23.1. The zero-order valence-electron chi connectivity index (χ0n) is 10.5. The largest absolute Gasteiger partial charge is 0.390 e. The lowest BCUT2D eigenvalue weighted by atomic mass is 10.1. The van der Waals surface area contributed by atoms with Crippen molar-refractivity contribution in [2.75, 3.05) is 20.1 Å². The molecular weight excluding hydrogens is 234 g/mol. The molecule has 1 aliphatic heterocycles. The lowest BCUT2D eigenvalue weighted by molar-refractivity contribution is 0.0581. The van der Waals surface area contributed by atoms with Crippen LogP contribution < -0.4 is 10.9 Å². The summed E-state index contributed by atoms with van der Waals surface area (Å²) in [5, 5.41) is 12.8. The summed E-state index contributed by atoms with van der Waals surface area (Å²) in [6.45, 7) is 1.05. The second-order valence-electron chi connectivity index (χ2n) is 4.57. The molecule has 2 heterocycles. The summed E-state index contributed by atoms with van der Waals surface area (Å²) >= 11 is 0. The van der Waals surface area contributed by atoms with E-state index in [0.29, 0.717) is 18.7 Å². The highest BCUT2D eigenvalue weighted by atomic mass is 16.3. The molecule has 98 valence electrons. The predicted molar refractivity (Wildman–Crippen MR) is 66.4 cm³/mol. The molecule has 1 saturated heterocycles. The van der Waals surface area contributed by atoms with E-state index in [4.69, 9.17) is 0 Å². The molecule has 0 bridgehead atoms. The van der Waals surface area contributed by atoms with Crippen LogP contribution in [0.3, 0.4) is 0 Å². The molecule has 0 unspecified atom stereocenters. The first-order valence-corrected chi connectivity index (χ1v) is 5.83. The van der Waals surface area contributed by atoms with E-state index in [0.717, 1.165) is 0 Å². The second-order valence-corrected chi connectivity index (χ2v) is 4.57. The first-order chi connectivity index (χ1) is 8.50. The van der Waals surface area contributed by atoms with Crippen molar-refractivity contribution < 1.29 is 9.90 Å². The van der Waals surface area contributed by atoms with Crippen LogP contribution in [0.1, 0.15) is 10.4 Å². The third-order valence-electron chi connectivity index (χ3n) is 3.32. The number of aryl methyl sites for hydroxylation is 1. The van der Waals surface area contributed by atoms with Crippen molar-refractivity contribution >= 4 is 5.91 Å². The summed E-state index contributed by atoms with van der Waals surface area (Å²) in [5.74, 6) is -0.250. The van der Waals surface area contributed by atoms with E-state index in [1.54, 1.807) is 26.4 Å². The van der Waals surface area contributed by atoms with Crippen LogP contribution in [0, 0.1) is 0 Å². The van der Waals surface area contributed by atoms with E-state index in [1.807, 2.05) is 0 Å². The van der Waals surface area contributed by atoms with Gasteiger partial charge in [0.05, 0.1) is 12.1 Å². The topological polar surface area (TPSA) is 74.6 Å². The highest BCUT2D eigenvalue weighted by molar-refractivity contribution is 5.94. The Labute approximate surface area is 105 Å². The number of nitrogens with zero attached hydrogens (tertiary/aromatic N) is 2. The maximum Gasteiger partial charge on any atom is 0.254 e. The van der Waals surface area contributed by atoms with Crippen LogP contribution in [0.4, 0.5) is 0 Å². The number of likely N-dealkylation sites (N-methyl/N-ethyl adjacent to an activating group) is 1. The van der Waals surface area contributed by atoms with Gasteiger partial charge in [-0.05, 0) is 6.07 Å². The summed E-state index contributed by atoms with van der Waals surface area (Å²) in [7, 11) is 3.27. The third-order valence-corrected chi connectivity index (χ3v) is 3.32. The van der Waals surface area contributed by atoms with E-state index < -0.39 is 6.10 Å². The number of rotatable bonds is 2. The van der Waals surface area contributed by atoms with E-state index in [9.17, 15) is 14.7 Å². The van der Waals surface area contributed by atoms with Crippen molar-refractivity contribution in [1.82, 2.24) is 14.8 Å². The number of nitrogens with one attached hydrogen (secondary N) is 1. The van der Waals surface area contributed by atoms with Gasteiger partial charge in [0.2, 0.25) is 0 Å². The molecule has 1 fully saturated rings. The molecule has 2 atom stereocenters. The van der Waals surface area contributed by atoms with Crippen molar-refractivity contribution in [3.63, 3.8) is 0 Å². The summed E-state index contributed by atoms with van der Waals surface area (Å²) < 4.78 is 1.41. The number of carbonyl (C=O) groups is 1. The Kier molecular flexibility index (Phi) is 3.49. The fraction of sp³-hybridized carbons (Fsp3) is 0.500. The maximum absolute atomic E-state index is 12.2. The molecule has 0 aromatic carbocycles. The SMILES string of the molecule is CN(C(=O)c1ccn(C)c(=O)c1)[C@@H]1CNC[C@H]1O. The first kappa shape index (κ1) is 12.8. The molecule has 2 rings (SSSR count). The molecular formula is C12H17N3O3. The molecule has 1 aliphatic rings. The van der Waals surface area contributed by atoms with E-state index in [-0.39, 0.29) is 17.5 Å². The number of aliphatic hydroxyl groups is 1. The minimum Gasteiger partial charge on any atom is -0.390 e. The number of amides is 1. The first-order valence-electron chi connectivity index (χ1n) is 5.83. The summed E-state index contributed by atoms with van der Waals surface area (Å²) in [5.41, 5.74) is 0.124. The van der Waals surface area contributed by atoms with Crippen LogP contribution in [0.5, 0.6) is 0 Å². The molecule has 6 nitrogen and oxygen atoms in total.